The monoisotopic (exact) mass is 340 g/mol. The molecule has 3 aromatic rings. The smallest absolute Gasteiger partial charge is 0.270 e. The number of amides is 1. The third-order valence-electron chi connectivity index (χ3n) is 3.54. The molecule has 0 unspecified atom stereocenters. The second kappa shape index (κ2) is 6.52. The van der Waals surface area contributed by atoms with Gasteiger partial charge in [0, 0.05) is 23.2 Å². The molecule has 1 heterocycles. The van der Waals surface area contributed by atoms with Crippen LogP contribution in [0.2, 0.25) is 0 Å². The summed E-state index contributed by atoms with van der Waals surface area (Å²) >= 11 is 0. The topological polar surface area (TPSA) is 97.2 Å². The Morgan fingerprint density at radius 1 is 1.16 bits per heavy atom. The normalized spacial score (nSPS) is 10.5. The van der Waals surface area contributed by atoms with Gasteiger partial charge in [-0.3, -0.25) is 30.7 Å². The summed E-state index contributed by atoms with van der Waals surface area (Å²) in [4.78, 5) is 26.8. The Balaban J connectivity index is 1.82. The summed E-state index contributed by atoms with van der Waals surface area (Å²) in [5.74, 6) is -0.935. The van der Waals surface area contributed by atoms with E-state index in [1.807, 2.05) is 0 Å². The number of pyridine rings is 1. The van der Waals surface area contributed by atoms with Crippen molar-refractivity contribution >= 4 is 28.2 Å². The number of nitrogens with one attached hydrogen (secondary N) is 2. The molecular formula is C17H13FN4O3. The largest absolute Gasteiger partial charge is 0.298 e. The zero-order valence-corrected chi connectivity index (χ0v) is 13.1. The fraction of sp³-hybridized carbons (Fsp3) is 0.0588. The zero-order valence-electron chi connectivity index (χ0n) is 13.1. The van der Waals surface area contributed by atoms with Crippen molar-refractivity contribution in [3.05, 3.63) is 75.7 Å². The molecule has 2 aromatic carbocycles. The minimum Gasteiger partial charge on any atom is -0.298 e. The molecule has 0 aliphatic carbocycles. The lowest BCUT2D eigenvalue weighted by Gasteiger charge is -2.11. The van der Waals surface area contributed by atoms with Crippen LogP contribution >= 0.6 is 0 Å². The third-order valence-corrected chi connectivity index (χ3v) is 3.54. The van der Waals surface area contributed by atoms with Crippen LogP contribution < -0.4 is 10.9 Å². The Morgan fingerprint density at radius 2 is 1.88 bits per heavy atom. The van der Waals surface area contributed by atoms with E-state index in [2.05, 4.69) is 15.8 Å². The van der Waals surface area contributed by atoms with Crippen molar-refractivity contribution in [2.45, 2.75) is 6.92 Å². The number of hydrogen-bond acceptors (Lipinski definition) is 5. The summed E-state index contributed by atoms with van der Waals surface area (Å²) in [5, 5.41) is 11.0. The van der Waals surface area contributed by atoms with E-state index in [1.54, 1.807) is 13.0 Å². The Kier molecular flexibility index (Phi) is 4.25. The average Bonchev–Trinajstić information content (AvgIpc) is 2.59. The summed E-state index contributed by atoms with van der Waals surface area (Å²) < 4.78 is 13.5. The Bertz CT molecular complexity index is 974. The molecule has 0 atom stereocenters. The number of non-ortho nitro benzene ring substituents is 1. The van der Waals surface area contributed by atoms with E-state index >= 15 is 0 Å². The molecule has 25 heavy (non-hydrogen) atoms. The van der Waals surface area contributed by atoms with Crippen molar-refractivity contribution in [2.24, 2.45) is 0 Å². The molecule has 0 fully saturated rings. The third kappa shape index (κ3) is 3.52. The van der Waals surface area contributed by atoms with Gasteiger partial charge in [-0.1, -0.05) is 0 Å². The van der Waals surface area contributed by atoms with Gasteiger partial charge in [0.1, 0.15) is 5.82 Å². The van der Waals surface area contributed by atoms with E-state index in [0.29, 0.717) is 22.3 Å². The van der Waals surface area contributed by atoms with Crippen LogP contribution in [0.25, 0.3) is 10.9 Å². The summed E-state index contributed by atoms with van der Waals surface area (Å²) in [6.07, 6.45) is 0. The second-order valence-electron chi connectivity index (χ2n) is 5.36. The predicted molar refractivity (Wildman–Crippen MR) is 90.6 cm³/mol. The highest BCUT2D eigenvalue weighted by molar-refractivity contribution is 6.06. The number of carbonyl (C=O) groups excluding carboxylic acids is 1. The quantitative estimate of drug-likeness (QED) is 0.561. The van der Waals surface area contributed by atoms with Gasteiger partial charge < -0.3 is 0 Å². The molecule has 126 valence electrons. The van der Waals surface area contributed by atoms with E-state index < -0.39 is 16.6 Å². The van der Waals surface area contributed by atoms with Gasteiger partial charge in [-0.2, -0.15) is 0 Å². The number of carbonyl (C=O) groups is 1. The number of nitro benzene ring substituents is 1. The molecule has 2 N–H and O–H groups in total. The second-order valence-corrected chi connectivity index (χ2v) is 5.36. The van der Waals surface area contributed by atoms with Crippen molar-refractivity contribution in [3.63, 3.8) is 0 Å². The molecule has 0 saturated heterocycles. The summed E-state index contributed by atoms with van der Waals surface area (Å²) in [6.45, 7) is 1.74. The molecule has 7 nitrogen and oxygen atoms in total. The number of fused-ring (bicyclic) bond motifs is 1. The molecule has 0 radical (unpaired) electrons. The number of halogens is 1. The highest BCUT2D eigenvalue weighted by atomic mass is 19.1. The molecule has 8 heteroatoms. The van der Waals surface area contributed by atoms with Gasteiger partial charge in [0.15, 0.2) is 0 Å². The number of hydrazine groups is 1. The Hall–Kier alpha value is -3.55. The number of aromatic nitrogens is 1. The molecular weight excluding hydrogens is 327 g/mol. The van der Waals surface area contributed by atoms with Crippen LogP contribution in [0.3, 0.4) is 0 Å². The van der Waals surface area contributed by atoms with Crippen LogP contribution in [-0.2, 0) is 0 Å². The number of anilines is 1. The van der Waals surface area contributed by atoms with Crippen LogP contribution in [0.4, 0.5) is 15.8 Å². The van der Waals surface area contributed by atoms with Gasteiger partial charge >= 0.3 is 0 Å². The van der Waals surface area contributed by atoms with Crippen molar-refractivity contribution in [1.29, 1.82) is 0 Å². The minimum atomic E-state index is -0.511. The number of hydrogen-bond donors (Lipinski definition) is 2. The fourth-order valence-corrected chi connectivity index (χ4v) is 2.38. The van der Waals surface area contributed by atoms with Crippen LogP contribution in [-0.4, -0.2) is 15.8 Å². The number of aryl methyl sites for hydroxylation is 1. The zero-order chi connectivity index (χ0) is 18.0. The maximum Gasteiger partial charge on any atom is 0.270 e. The highest BCUT2D eigenvalue weighted by Gasteiger charge is 2.13. The molecule has 3 rings (SSSR count). The number of rotatable bonds is 4. The lowest BCUT2D eigenvalue weighted by molar-refractivity contribution is -0.384. The molecule has 0 saturated carbocycles. The number of nitrogens with zero attached hydrogens (tertiary/aromatic N) is 2. The van der Waals surface area contributed by atoms with Crippen molar-refractivity contribution in [1.82, 2.24) is 10.4 Å². The van der Waals surface area contributed by atoms with E-state index in [1.165, 1.54) is 42.5 Å². The van der Waals surface area contributed by atoms with Gasteiger partial charge in [0.2, 0.25) is 0 Å². The van der Waals surface area contributed by atoms with Crippen LogP contribution in [0.5, 0.6) is 0 Å². The van der Waals surface area contributed by atoms with Crippen molar-refractivity contribution < 1.29 is 14.1 Å². The molecule has 0 bridgehead atoms. The number of benzene rings is 2. The average molecular weight is 340 g/mol. The maximum absolute atomic E-state index is 13.5. The maximum atomic E-state index is 13.5. The first-order chi connectivity index (χ1) is 11.9. The first kappa shape index (κ1) is 16.3. The van der Waals surface area contributed by atoms with E-state index in [-0.39, 0.29) is 11.3 Å². The lowest BCUT2D eigenvalue weighted by atomic mass is 10.1. The van der Waals surface area contributed by atoms with Gasteiger partial charge in [0.25, 0.3) is 11.6 Å². The first-order valence-corrected chi connectivity index (χ1v) is 7.32. The molecule has 1 amide bonds. The van der Waals surface area contributed by atoms with Crippen LogP contribution in [0.1, 0.15) is 16.1 Å². The first-order valence-electron chi connectivity index (χ1n) is 7.32. The van der Waals surface area contributed by atoms with E-state index in [9.17, 15) is 19.3 Å². The molecule has 0 spiro atoms. The predicted octanol–water partition coefficient (Wildman–Crippen LogP) is 3.35. The summed E-state index contributed by atoms with van der Waals surface area (Å²) in [5.41, 5.74) is 7.00. The van der Waals surface area contributed by atoms with E-state index in [4.69, 9.17) is 0 Å². The standard InChI is InChI=1S/C17H13FN4O3/c1-10-8-15(14-9-11(18)2-7-16(14)19-10)17(23)21-20-12-3-5-13(6-4-12)22(24)25/h2-9,20H,1H3,(H,21,23). The highest BCUT2D eigenvalue weighted by Crippen LogP contribution is 2.20. The van der Waals surface area contributed by atoms with Gasteiger partial charge in [-0.15, -0.1) is 0 Å². The van der Waals surface area contributed by atoms with Crippen LogP contribution in [0.15, 0.2) is 48.5 Å². The van der Waals surface area contributed by atoms with E-state index in [0.717, 1.165) is 0 Å². The fourth-order valence-electron chi connectivity index (χ4n) is 2.38. The lowest BCUT2D eigenvalue weighted by Crippen LogP contribution is -2.29. The van der Waals surface area contributed by atoms with Crippen molar-refractivity contribution in [2.75, 3.05) is 5.43 Å². The number of nitro groups is 1. The summed E-state index contributed by atoms with van der Waals surface area (Å²) in [6, 6.07) is 11.2. The SMILES string of the molecule is Cc1cc(C(=O)NNc2ccc([N+](=O)[O-])cc2)c2cc(F)ccc2n1. The van der Waals surface area contributed by atoms with Crippen molar-refractivity contribution in [3.8, 4) is 0 Å². The Morgan fingerprint density at radius 3 is 2.56 bits per heavy atom. The summed E-state index contributed by atoms with van der Waals surface area (Å²) in [7, 11) is 0. The molecule has 1 aromatic heterocycles. The van der Waals surface area contributed by atoms with Crippen LogP contribution in [0, 0.1) is 22.9 Å². The molecule has 0 aliphatic rings. The van der Waals surface area contributed by atoms with Gasteiger partial charge in [0.05, 0.1) is 21.7 Å². The molecule has 0 aliphatic heterocycles. The van der Waals surface area contributed by atoms with Gasteiger partial charge in [-0.05, 0) is 43.3 Å². The Labute approximate surface area is 141 Å². The van der Waals surface area contributed by atoms with Gasteiger partial charge in [-0.25, -0.2) is 4.39 Å². The minimum absolute atomic E-state index is 0.0527.